The topological polar surface area (TPSA) is 42.2 Å². The second-order valence-electron chi connectivity index (χ2n) is 4.18. The number of pyridine rings is 1. The first-order valence-electron chi connectivity index (χ1n) is 5.39. The van der Waals surface area contributed by atoms with Gasteiger partial charge in [0.25, 0.3) is 0 Å². The molecule has 1 fully saturated rings. The highest BCUT2D eigenvalue weighted by molar-refractivity contribution is 5.37. The molecule has 0 saturated carbocycles. The lowest BCUT2D eigenvalue weighted by atomic mass is 10.0. The van der Waals surface area contributed by atoms with Gasteiger partial charge in [0, 0.05) is 6.20 Å². The first-order chi connectivity index (χ1) is 7.36. The Labute approximate surface area is 88.3 Å². The molecule has 3 heterocycles. The summed E-state index contributed by atoms with van der Waals surface area (Å²) in [4.78, 5) is 0. The van der Waals surface area contributed by atoms with Crippen molar-refractivity contribution in [2.75, 3.05) is 6.54 Å². The van der Waals surface area contributed by atoms with E-state index in [2.05, 4.69) is 26.8 Å². The lowest BCUT2D eigenvalue weighted by Crippen LogP contribution is -2.19. The molecule has 1 saturated heterocycles. The summed E-state index contributed by atoms with van der Waals surface area (Å²) in [6.07, 6.45) is 3.24. The third kappa shape index (κ3) is 1.33. The van der Waals surface area contributed by atoms with Crippen LogP contribution in [-0.2, 0) is 0 Å². The van der Waals surface area contributed by atoms with Crippen molar-refractivity contribution in [3.8, 4) is 0 Å². The van der Waals surface area contributed by atoms with E-state index in [1.54, 1.807) is 0 Å². The van der Waals surface area contributed by atoms with Gasteiger partial charge >= 0.3 is 0 Å². The van der Waals surface area contributed by atoms with Gasteiger partial charge in [-0.15, -0.1) is 10.2 Å². The van der Waals surface area contributed by atoms with Gasteiger partial charge in [-0.3, -0.25) is 4.40 Å². The van der Waals surface area contributed by atoms with Gasteiger partial charge in [-0.1, -0.05) is 13.0 Å². The molecule has 0 bridgehead atoms. The molecule has 0 aromatic carbocycles. The Morgan fingerprint density at radius 1 is 1.40 bits per heavy atom. The number of nitrogens with zero attached hydrogens (tertiary/aromatic N) is 3. The Balaban J connectivity index is 2.10. The van der Waals surface area contributed by atoms with Gasteiger partial charge in [-0.2, -0.15) is 0 Å². The van der Waals surface area contributed by atoms with Crippen LogP contribution in [0.1, 0.15) is 25.2 Å². The molecule has 1 N–H and O–H groups in total. The zero-order valence-corrected chi connectivity index (χ0v) is 8.72. The quantitative estimate of drug-likeness (QED) is 0.760. The number of aromatic nitrogens is 3. The summed E-state index contributed by atoms with van der Waals surface area (Å²) in [6.45, 7) is 3.34. The van der Waals surface area contributed by atoms with Gasteiger partial charge in [-0.05, 0) is 31.0 Å². The monoisotopic (exact) mass is 202 g/mol. The maximum atomic E-state index is 4.28. The zero-order chi connectivity index (χ0) is 10.3. The number of hydrogen-bond acceptors (Lipinski definition) is 3. The summed E-state index contributed by atoms with van der Waals surface area (Å²) in [6, 6.07) is 6.33. The SMILES string of the molecule is CC1CCNC1c1nnc2ccccn12. The fourth-order valence-electron chi connectivity index (χ4n) is 2.25. The molecule has 0 amide bonds. The Hall–Kier alpha value is -1.42. The van der Waals surface area contributed by atoms with Gasteiger partial charge < -0.3 is 5.32 Å². The molecule has 0 aliphatic carbocycles. The number of hydrogen-bond donors (Lipinski definition) is 1. The maximum absolute atomic E-state index is 4.28. The molecule has 0 radical (unpaired) electrons. The smallest absolute Gasteiger partial charge is 0.160 e. The van der Waals surface area contributed by atoms with Crippen molar-refractivity contribution in [1.82, 2.24) is 19.9 Å². The van der Waals surface area contributed by atoms with Crippen LogP contribution in [0, 0.1) is 5.92 Å². The van der Waals surface area contributed by atoms with Gasteiger partial charge in [0.1, 0.15) is 0 Å². The van der Waals surface area contributed by atoms with E-state index in [1.807, 2.05) is 24.4 Å². The Kier molecular flexibility index (Phi) is 1.95. The molecule has 3 rings (SSSR count). The lowest BCUT2D eigenvalue weighted by Gasteiger charge is -2.13. The van der Waals surface area contributed by atoms with E-state index >= 15 is 0 Å². The standard InChI is InChI=1S/C11H14N4/c1-8-5-6-12-10(8)11-14-13-9-4-2-3-7-15(9)11/h2-4,7-8,10,12H,5-6H2,1H3. The van der Waals surface area contributed by atoms with Crippen LogP contribution in [0.4, 0.5) is 0 Å². The van der Waals surface area contributed by atoms with E-state index in [1.165, 1.54) is 6.42 Å². The summed E-state index contributed by atoms with van der Waals surface area (Å²) in [5, 5.41) is 11.9. The second-order valence-corrected chi connectivity index (χ2v) is 4.18. The van der Waals surface area contributed by atoms with Crippen LogP contribution < -0.4 is 5.32 Å². The van der Waals surface area contributed by atoms with E-state index in [0.717, 1.165) is 18.0 Å². The van der Waals surface area contributed by atoms with Gasteiger partial charge in [0.15, 0.2) is 11.5 Å². The molecule has 4 heteroatoms. The summed E-state index contributed by atoms with van der Waals surface area (Å²) < 4.78 is 2.07. The third-order valence-electron chi connectivity index (χ3n) is 3.15. The Morgan fingerprint density at radius 3 is 3.13 bits per heavy atom. The van der Waals surface area contributed by atoms with Crippen LogP contribution in [0.25, 0.3) is 5.65 Å². The van der Waals surface area contributed by atoms with Gasteiger partial charge in [0.2, 0.25) is 0 Å². The van der Waals surface area contributed by atoms with E-state index in [4.69, 9.17) is 0 Å². The molecule has 1 aliphatic rings. The fraction of sp³-hybridized carbons (Fsp3) is 0.455. The first-order valence-corrected chi connectivity index (χ1v) is 5.39. The predicted octanol–water partition coefficient (Wildman–Crippen LogP) is 1.40. The van der Waals surface area contributed by atoms with Crippen molar-refractivity contribution < 1.29 is 0 Å². The van der Waals surface area contributed by atoms with Crippen LogP contribution in [-0.4, -0.2) is 21.1 Å². The minimum absolute atomic E-state index is 0.349. The van der Waals surface area contributed by atoms with Crippen molar-refractivity contribution in [2.45, 2.75) is 19.4 Å². The summed E-state index contributed by atoms with van der Waals surface area (Å²) in [7, 11) is 0. The number of fused-ring (bicyclic) bond motifs is 1. The van der Waals surface area contributed by atoms with Gasteiger partial charge in [0.05, 0.1) is 6.04 Å². The molecule has 0 spiro atoms. The predicted molar refractivity (Wildman–Crippen MR) is 57.5 cm³/mol. The van der Waals surface area contributed by atoms with Crippen molar-refractivity contribution in [3.63, 3.8) is 0 Å². The highest BCUT2D eigenvalue weighted by Crippen LogP contribution is 2.27. The number of rotatable bonds is 1. The van der Waals surface area contributed by atoms with Crippen LogP contribution in [0.3, 0.4) is 0 Å². The largest absolute Gasteiger partial charge is 0.307 e. The van der Waals surface area contributed by atoms with Crippen LogP contribution in [0.15, 0.2) is 24.4 Å². The average Bonchev–Trinajstić information content (AvgIpc) is 2.83. The second kappa shape index (κ2) is 3.31. The first kappa shape index (κ1) is 8.85. The van der Waals surface area contributed by atoms with Crippen molar-refractivity contribution >= 4 is 5.65 Å². The molecule has 1 aliphatic heterocycles. The highest BCUT2D eigenvalue weighted by atomic mass is 15.3. The number of nitrogens with one attached hydrogen (secondary N) is 1. The van der Waals surface area contributed by atoms with Crippen molar-refractivity contribution in [1.29, 1.82) is 0 Å². The normalized spacial score (nSPS) is 26.2. The summed E-state index contributed by atoms with van der Waals surface area (Å²) in [5.41, 5.74) is 0.924. The average molecular weight is 202 g/mol. The zero-order valence-electron chi connectivity index (χ0n) is 8.72. The molecular formula is C11H14N4. The third-order valence-corrected chi connectivity index (χ3v) is 3.15. The summed E-state index contributed by atoms with van der Waals surface area (Å²) >= 11 is 0. The van der Waals surface area contributed by atoms with Crippen LogP contribution in [0.5, 0.6) is 0 Å². The molecule has 2 unspecified atom stereocenters. The molecule has 2 aromatic rings. The van der Waals surface area contributed by atoms with E-state index in [9.17, 15) is 0 Å². The molecule has 4 nitrogen and oxygen atoms in total. The highest BCUT2D eigenvalue weighted by Gasteiger charge is 2.28. The van der Waals surface area contributed by atoms with Crippen LogP contribution >= 0.6 is 0 Å². The molecule has 78 valence electrons. The maximum Gasteiger partial charge on any atom is 0.160 e. The molecular weight excluding hydrogens is 188 g/mol. The Bertz CT molecular complexity index is 476. The fourth-order valence-corrected chi connectivity index (χ4v) is 2.25. The molecule has 2 atom stereocenters. The van der Waals surface area contributed by atoms with Crippen molar-refractivity contribution in [3.05, 3.63) is 30.2 Å². The minimum Gasteiger partial charge on any atom is -0.307 e. The summed E-state index contributed by atoms with van der Waals surface area (Å²) in [5.74, 6) is 1.67. The lowest BCUT2D eigenvalue weighted by molar-refractivity contribution is 0.475. The van der Waals surface area contributed by atoms with Gasteiger partial charge in [-0.25, -0.2) is 0 Å². The van der Waals surface area contributed by atoms with Crippen molar-refractivity contribution in [2.24, 2.45) is 5.92 Å². The minimum atomic E-state index is 0.349. The van der Waals surface area contributed by atoms with E-state index < -0.39 is 0 Å². The van der Waals surface area contributed by atoms with E-state index in [-0.39, 0.29) is 0 Å². The molecule has 15 heavy (non-hydrogen) atoms. The van der Waals surface area contributed by atoms with Crippen LogP contribution in [0.2, 0.25) is 0 Å². The Morgan fingerprint density at radius 2 is 2.33 bits per heavy atom. The molecule has 2 aromatic heterocycles. The van der Waals surface area contributed by atoms with E-state index in [0.29, 0.717) is 12.0 Å².